The summed E-state index contributed by atoms with van der Waals surface area (Å²) in [6, 6.07) is 0. The van der Waals surface area contributed by atoms with Gasteiger partial charge in [0.1, 0.15) is 0 Å². The Hall–Kier alpha value is 1.15. The first-order chi connectivity index (χ1) is 5.04. The second kappa shape index (κ2) is 7.54. The molecule has 80 valence electrons. The van der Waals surface area contributed by atoms with Crippen LogP contribution in [-0.2, 0) is 0 Å². The molecular formula is C9H19NOYb. The molecule has 1 N–H and O–H groups in total. The maximum Gasteiger partial charge on any atom is 0.0991 e. The van der Waals surface area contributed by atoms with E-state index >= 15 is 0 Å². The van der Waals surface area contributed by atoms with Gasteiger partial charge in [-0.3, -0.25) is 4.99 Å². The molecule has 0 saturated carbocycles. The van der Waals surface area contributed by atoms with Gasteiger partial charge in [-0.1, -0.05) is 13.3 Å². The van der Waals surface area contributed by atoms with Crippen LogP contribution >= 0.6 is 0 Å². The molecular weight excluding hydrogens is 311 g/mol. The summed E-state index contributed by atoms with van der Waals surface area (Å²) in [5.41, 5.74) is 0.159. The summed E-state index contributed by atoms with van der Waals surface area (Å²) in [5, 5.41) is 9.78. The third-order valence-electron chi connectivity index (χ3n) is 1.91. The zero-order valence-corrected chi connectivity index (χ0v) is 10.00. The van der Waals surface area contributed by atoms with Gasteiger partial charge in [-0.05, 0) is 27.2 Å². The van der Waals surface area contributed by atoms with Crippen molar-refractivity contribution in [1.82, 2.24) is 0 Å². The topological polar surface area (TPSA) is 32.6 Å². The molecule has 0 radical (unpaired) electrons. The number of nitrogens with zero attached hydrogens (tertiary/aromatic N) is 1. The first-order valence-corrected chi connectivity index (χ1v) is 4.28. The first kappa shape index (κ1) is 15.6. The third-order valence-corrected chi connectivity index (χ3v) is 1.91. The van der Waals surface area contributed by atoms with Crippen LogP contribution in [-0.4, -0.2) is 23.0 Å². The number of rotatable bonds is 4. The summed E-state index contributed by atoms with van der Waals surface area (Å²) in [6.07, 6.45) is 1.78. The van der Waals surface area contributed by atoms with Crippen molar-refractivity contribution in [3.05, 3.63) is 0 Å². The van der Waals surface area contributed by atoms with Crippen molar-refractivity contribution in [2.24, 2.45) is 4.99 Å². The fourth-order valence-electron chi connectivity index (χ4n) is 1.08. The molecule has 0 bridgehead atoms. The molecule has 0 spiro atoms. The maximum absolute atomic E-state index is 9.78. The van der Waals surface area contributed by atoms with E-state index in [4.69, 9.17) is 0 Å². The van der Waals surface area contributed by atoms with Crippen LogP contribution in [0.4, 0.5) is 0 Å². The molecule has 0 fully saturated rings. The summed E-state index contributed by atoms with van der Waals surface area (Å²) in [5.74, 6) is 0. The van der Waals surface area contributed by atoms with Crippen LogP contribution in [0.3, 0.4) is 0 Å². The number of hydrogen-bond donors (Lipinski definition) is 1. The molecule has 0 aromatic heterocycles. The average molecular weight is 330 g/mol. The average Bonchev–Trinajstić information content (AvgIpc) is 1.88. The number of aliphatic hydroxyl groups is 1. The van der Waals surface area contributed by atoms with Crippen LogP contribution in [0.15, 0.2) is 4.99 Å². The monoisotopic (exact) mass is 331 g/mol. The minimum atomic E-state index is -0.690. The van der Waals surface area contributed by atoms with Gasteiger partial charge in [0.15, 0.2) is 0 Å². The van der Waals surface area contributed by atoms with E-state index < -0.39 is 5.60 Å². The predicted molar refractivity (Wildman–Crippen MR) is 49.2 cm³/mol. The van der Waals surface area contributed by atoms with Crippen molar-refractivity contribution in [3.8, 4) is 0 Å². The van der Waals surface area contributed by atoms with E-state index in [-0.39, 0.29) is 46.9 Å². The van der Waals surface area contributed by atoms with Crippen molar-refractivity contribution in [2.45, 2.75) is 46.1 Å². The molecule has 0 aromatic rings. The molecule has 1 unspecified atom stereocenters. The van der Waals surface area contributed by atoms with Gasteiger partial charge in [0, 0.05) is 59.2 Å². The van der Waals surface area contributed by atoms with Crippen LogP contribution < -0.4 is 0 Å². The first-order valence-electron chi connectivity index (χ1n) is 4.28. The minimum absolute atomic E-state index is 0. The Morgan fingerprint density at radius 1 is 1.42 bits per heavy atom. The van der Waals surface area contributed by atoms with E-state index in [1.807, 2.05) is 20.8 Å². The summed E-state index contributed by atoms with van der Waals surface area (Å²) >= 11 is 0. The molecule has 0 saturated heterocycles. The third kappa shape index (κ3) is 5.74. The second-order valence-corrected chi connectivity index (χ2v) is 3.08. The Morgan fingerprint density at radius 3 is 2.25 bits per heavy atom. The van der Waals surface area contributed by atoms with Crippen molar-refractivity contribution in [3.63, 3.8) is 0 Å². The van der Waals surface area contributed by atoms with Gasteiger partial charge < -0.3 is 5.11 Å². The molecule has 0 amide bonds. The zero-order chi connectivity index (χ0) is 8.91. The van der Waals surface area contributed by atoms with E-state index in [1.54, 1.807) is 0 Å². The van der Waals surface area contributed by atoms with Crippen LogP contribution in [0.25, 0.3) is 0 Å². The fraction of sp³-hybridized carbons (Fsp3) is 0.889. The van der Waals surface area contributed by atoms with Gasteiger partial charge in [0.05, 0.1) is 5.60 Å². The number of hydrogen-bond acceptors (Lipinski definition) is 2. The van der Waals surface area contributed by atoms with Crippen molar-refractivity contribution < 1.29 is 52.0 Å². The molecule has 12 heavy (non-hydrogen) atoms. The Labute approximate surface area is 114 Å². The van der Waals surface area contributed by atoms with Gasteiger partial charge in [0.25, 0.3) is 0 Å². The minimum Gasteiger partial charge on any atom is -0.384 e. The molecule has 1 atom stereocenters. The number of aliphatic imine (C=N–C) groups is 1. The van der Waals surface area contributed by atoms with Gasteiger partial charge >= 0.3 is 0 Å². The van der Waals surface area contributed by atoms with E-state index in [1.165, 1.54) is 0 Å². The molecule has 3 heteroatoms. The Morgan fingerprint density at radius 2 is 1.92 bits per heavy atom. The van der Waals surface area contributed by atoms with Gasteiger partial charge in [-0.2, -0.15) is 0 Å². The summed E-state index contributed by atoms with van der Waals surface area (Å²) in [4.78, 5) is 4.18. The standard InChI is InChI=1S/C9H19NO.Yb/c1-5-7-9(4,11)8(3)10-6-2;/h11H,5-7H2,1-4H3;. The molecule has 0 aliphatic carbocycles. The summed E-state index contributed by atoms with van der Waals surface area (Å²) in [7, 11) is 0. The van der Waals surface area contributed by atoms with E-state index in [9.17, 15) is 5.11 Å². The van der Waals surface area contributed by atoms with Crippen LogP contribution in [0.2, 0.25) is 0 Å². The molecule has 0 aromatic carbocycles. The molecule has 0 heterocycles. The van der Waals surface area contributed by atoms with Gasteiger partial charge in [0.2, 0.25) is 0 Å². The van der Waals surface area contributed by atoms with Crippen molar-refractivity contribution in [2.75, 3.05) is 6.54 Å². The molecule has 2 nitrogen and oxygen atoms in total. The SMILES string of the molecule is CCCC(C)(O)C(C)=NCC.[Yb]. The molecule has 0 aliphatic heterocycles. The van der Waals surface area contributed by atoms with E-state index in [2.05, 4.69) is 11.9 Å². The van der Waals surface area contributed by atoms with Crippen LogP contribution in [0.1, 0.15) is 40.5 Å². The van der Waals surface area contributed by atoms with E-state index in [0.717, 1.165) is 25.1 Å². The molecule has 0 aliphatic rings. The summed E-state index contributed by atoms with van der Waals surface area (Å²) < 4.78 is 0. The van der Waals surface area contributed by atoms with Crippen LogP contribution in [0, 0.1) is 46.9 Å². The van der Waals surface area contributed by atoms with Crippen LogP contribution in [0.5, 0.6) is 0 Å². The van der Waals surface area contributed by atoms with Gasteiger partial charge in [-0.25, -0.2) is 0 Å². The Kier molecular flexibility index (Phi) is 9.82. The zero-order valence-electron chi connectivity index (χ0n) is 8.28. The maximum atomic E-state index is 9.78. The summed E-state index contributed by atoms with van der Waals surface area (Å²) in [6.45, 7) is 8.51. The Bertz CT molecular complexity index is 143. The largest absolute Gasteiger partial charge is 0.384 e. The van der Waals surface area contributed by atoms with Gasteiger partial charge in [-0.15, -0.1) is 0 Å². The second-order valence-electron chi connectivity index (χ2n) is 3.08. The van der Waals surface area contributed by atoms with Crippen molar-refractivity contribution in [1.29, 1.82) is 0 Å². The smallest absolute Gasteiger partial charge is 0.0991 e. The predicted octanol–water partition coefficient (Wildman–Crippen LogP) is 2.02. The fourth-order valence-corrected chi connectivity index (χ4v) is 1.08. The Balaban J connectivity index is 0. The quantitative estimate of drug-likeness (QED) is 0.786. The van der Waals surface area contributed by atoms with E-state index in [0.29, 0.717) is 0 Å². The normalized spacial score (nSPS) is 16.6. The van der Waals surface area contributed by atoms with Crippen molar-refractivity contribution >= 4 is 5.71 Å². The molecule has 0 rings (SSSR count).